The Balaban J connectivity index is 2.04. The second-order valence-corrected chi connectivity index (χ2v) is 9.44. The number of rotatable bonds is 11. The van der Waals surface area contributed by atoms with Crippen LogP contribution in [0.4, 0.5) is 4.79 Å². The van der Waals surface area contributed by atoms with E-state index in [1.165, 1.54) is 0 Å². The van der Waals surface area contributed by atoms with Crippen molar-refractivity contribution < 1.29 is 23.8 Å². The summed E-state index contributed by atoms with van der Waals surface area (Å²) in [7, 11) is 0. The van der Waals surface area contributed by atoms with Crippen molar-refractivity contribution >= 4 is 12.1 Å². The highest BCUT2D eigenvalue weighted by atomic mass is 16.6. The molecule has 1 saturated heterocycles. The molecule has 7 heteroatoms. The molecule has 0 spiro atoms. The van der Waals surface area contributed by atoms with Crippen LogP contribution in [0.5, 0.6) is 0 Å². The monoisotopic (exact) mass is 448 g/mol. The van der Waals surface area contributed by atoms with Crippen LogP contribution in [0, 0.1) is 0 Å². The summed E-state index contributed by atoms with van der Waals surface area (Å²) < 4.78 is 16.8. The van der Waals surface area contributed by atoms with Gasteiger partial charge in [-0.3, -0.25) is 15.0 Å². The molecule has 1 heterocycles. The van der Waals surface area contributed by atoms with Crippen LogP contribution in [-0.2, 0) is 25.6 Å². The molecule has 2 unspecified atom stereocenters. The Kier molecular flexibility index (Phi) is 9.97. The number of nitrogens with zero attached hydrogens (tertiary/aromatic N) is 1. The molecule has 0 bridgehead atoms. The Hall–Kier alpha value is -2.12. The molecule has 0 aromatic heterocycles. The smallest absolute Gasteiger partial charge is 0.412 e. The molecule has 1 aromatic rings. The number of amides is 1. The van der Waals surface area contributed by atoms with Crippen LogP contribution in [0.1, 0.15) is 72.3 Å². The lowest BCUT2D eigenvalue weighted by molar-refractivity contribution is -0.143. The topological polar surface area (TPSA) is 77.1 Å². The number of carbonyl (C=O) groups excluding carboxylic acids is 2. The number of nitrogens with one attached hydrogen (secondary N) is 1. The predicted molar refractivity (Wildman–Crippen MR) is 124 cm³/mol. The van der Waals surface area contributed by atoms with Crippen LogP contribution >= 0.6 is 0 Å². The molecule has 1 aromatic carbocycles. The van der Waals surface area contributed by atoms with Gasteiger partial charge in [-0.2, -0.15) is 0 Å². The number of likely N-dealkylation sites (tertiary alicyclic amines) is 1. The van der Waals surface area contributed by atoms with Crippen molar-refractivity contribution in [3.05, 3.63) is 35.9 Å². The fourth-order valence-electron chi connectivity index (χ4n) is 4.01. The average molecular weight is 449 g/mol. The van der Waals surface area contributed by atoms with E-state index in [9.17, 15) is 9.59 Å². The van der Waals surface area contributed by atoms with Gasteiger partial charge in [-0.05, 0) is 72.4 Å². The maximum absolute atomic E-state index is 13.1. The highest BCUT2D eigenvalue weighted by molar-refractivity contribution is 5.70. The average Bonchev–Trinajstić information content (AvgIpc) is 3.04. The molecule has 1 aliphatic heterocycles. The summed E-state index contributed by atoms with van der Waals surface area (Å²) in [5.41, 5.74) is -0.122. The Labute approximate surface area is 192 Å². The normalized spacial score (nSPS) is 20.9. The van der Waals surface area contributed by atoms with E-state index in [4.69, 9.17) is 14.2 Å². The standard InChI is InChI=1S/C25H40N2O5/c1-6-31-22(28)14-10-11-17-26-25(19-30-18-21-12-8-7-9-13-21)16-15-20(2)27(25)23(29)32-24(3,4)5/h7-9,12-13,20,26H,6,10-11,14-19H2,1-5H3. The van der Waals surface area contributed by atoms with Gasteiger partial charge in [0.15, 0.2) is 0 Å². The van der Waals surface area contributed by atoms with E-state index < -0.39 is 11.3 Å². The summed E-state index contributed by atoms with van der Waals surface area (Å²) in [4.78, 5) is 26.5. The SMILES string of the molecule is CCOC(=O)CCCCNC1(COCc2ccccc2)CCC(C)N1C(=O)OC(C)(C)C. The van der Waals surface area contributed by atoms with E-state index in [1.54, 1.807) is 0 Å². The first-order valence-electron chi connectivity index (χ1n) is 11.7. The second-order valence-electron chi connectivity index (χ2n) is 9.44. The Morgan fingerprint density at radius 2 is 1.91 bits per heavy atom. The number of carbonyl (C=O) groups is 2. The summed E-state index contributed by atoms with van der Waals surface area (Å²) in [5.74, 6) is -0.168. The zero-order chi connectivity index (χ0) is 23.6. The van der Waals surface area contributed by atoms with Gasteiger partial charge in [-0.1, -0.05) is 30.3 Å². The molecule has 1 amide bonds. The van der Waals surface area contributed by atoms with E-state index in [0.717, 1.165) is 31.2 Å². The molecule has 0 saturated carbocycles. The van der Waals surface area contributed by atoms with Gasteiger partial charge in [-0.15, -0.1) is 0 Å². The molecule has 1 N–H and O–H groups in total. The predicted octanol–water partition coefficient (Wildman–Crippen LogP) is 4.64. The van der Waals surface area contributed by atoms with Crippen molar-refractivity contribution in [1.82, 2.24) is 10.2 Å². The lowest BCUT2D eigenvalue weighted by Crippen LogP contribution is -2.62. The number of hydrogen-bond acceptors (Lipinski definition) is 6. The Bertz CT molecular complexity index is 719. The van der Waals surface area contributed by atoms with E-state index in [0.29, 0.717) is 32.8 Å². The number of hydrogen-bond donors (Lipinski definition) is 1. The Morgan fingerprint density at radius 1 is 1.19 bits per heavy atom. The third kappa shape index (κ3) is 8.10. The lowest BCUT2D eigenvalue weighted by Gasteiger charge is -2.41. The van der Waals surface area contributed by atoms with Crippen molar-refractivity contribution in [2.45, 2.75) is 90.6 Å². The van der Waals surface area contributed by atoms with Crippen molar-refractivity contribution in [2.75, 3.05) is 19.8 Å². The van der Waals surface area contributed by atoms with Crippen LogP contribution < -0.4 is 5.32 Å². The molecule has 7 nitrogen and oxygen atoms in total. The van der Waals surface area contributed by atoms with Gasteiger partial charge in [0.25, 0.3) is 0 Å². The van der Waals surface area contributed by atoms with Crippen LogP contribution in [0.25, 0.3) is 0 Å². The second kappa shape index (κ2) is 12.2. The molecular weight excluding hydrogens is 408 g/mol. The fourth-order valence-corrected chi connectivity index (χ4v) is 4.01. The van der Waals surface area contributed by atoms with Gasteiger partial charge in [0.1, 0.15) is 11.3 Å². The van der Waals surface area contributed by atoms with E-state index in [1.807, 2.05) is 69.9 Å². The van der Waals surface area contributed by atoms with Gasteiger partial charge < -0.3 is 14.2 Å². The molecule has 180 valence electrons. The zero-order valence-corrected chi connectivity index (χ0v) is 20.3. The van der Waals surface area contributed by atoms with Gasteiger partial charge in [0.2, 0.25) is 0 Å². The maximum atomic E-state index is 13.1. The largest absolute Gasteiger partial charge is 0.466 e. The zero-order valence-electron chi connectivity index (χ0n) is 20.3. The minimum atomic E-state index is -0.638. The van der Waals surface area contributed by atoms with Gasteiger partial charge >= 0.3 is 12.1 Å². The third-order valence-corrected chi connectivity index (χ3v) is 5.49. The van der Waals surface area contributed by atoms with Crippen molar-refractivity contribution in [3.63, 3.8) is 0 Å². The van der Waals surface area contributed by atoms with Gasteiger partial charge in [0, 0.05) is 12.5 Å². The highest BCUT2D eigenvalue weighted by Gasteiger charge is 2.48. The van der Waals surface area contributed by atoms with E-state index in [2.05, 4.69) is 5.32 Å². The first-order chi connectivity index (χ1) is 15.2. The number of benzene rings is 1. The van der Waals surface area contributed by atoms with Crippen molar-refractivity contribution in [1.29, 1.82) is 0 Å². The van der Waals surface area contributed by atoms with Gasteiger partial charge in [0.05, 0.1) is 19.8 Å². The molecule has 0 aliphatic carbocycles. The number of esters is 1. The first-order valence-corrected chi connectivity index (χ1v) is 11.7. The van der Waals surface area contributed by atoms with Crippen LogP contribution in [0.3, 0.4) is 0 Å². The van der Waals surface area contributed by atoms with E-state index in [-0.39, 0.29) is 18.1 Å². The summed E-state index contributed by atoms with van der Waals surface area (Å²) in [5, 5.41) is 3.58. The molecule has 2 atom stereocenters. The maximum Gasteiger partial charge on any atom is 0.412 e. The van der Waals surface area contributed by atoms with Crippen LogP contribution in [-0.4, -0.2) is 54.0 Å². The quantitative estimate of drug-likeness (QED) is 0.392. The summed E-state index contributed by atoms with van der Waals surface area (Å²) in [6.45, 7) is 11.4. The summed E-state index contributed by atoms with van der Waals surface area (Å²) in [6.07, 6.45) is 3.25. The van der Waals surface area contributed by atoms with Crippen molar-refractivity contribution in [3.8, 4) is 0 Å². The summed E-state index contributed by atoms with van der Waals surface area (Å²) in [6, 6.07) is 10.0. The molecule has 32 heavy (non-hydrogen) atoms. The molecule has 0 radical (unpaired) electrons. The van der Waals surface area contributed by atoms with Crippen LogP contribution in [0.2, 0.25) is 0 Å². The molecular formula is C25H40N2O5. The number of ether oxygens (including phenoxy) is 3. The molecule has 2 rings (SSSR count). The Morgan fingerprint density at radius 3 is 2.56 bits per heavy atom. The van der Waals surface area contributed by atoms with Gasteiger partial charge in [-0.25, -0.2) is 4.79 Å². The van der Waals surface area contributed by atoms with E-state index >= 15 is 0 Å². The van der Waals surface area contributed by atoms with Crippen LogP contribution in [0.15, 0.2) is 30.3 Å². The third-order valence-electron chi connectivity index (χ3n) is 5.49. The minimum absolute atomic E-state index is 0.0391. The molecule has 1 aliphatic rings. The molecule has 1 fully saturated rings. The summed E-state index contributed by atoms with van der Waals surface area (Å²) >= 11 is 0. The van der Waals surface area contributed by atoms with Crippen molar-refractivity contribution in [2.24, 2.45) is 0 Å². The minimum Gasteiger partial charge on any atom is -0.466 e. The number of unbranched alkanes of at least 4 members (excludes halogenated alkanes) is 1. The highest BCUT2D eigenvalue weighted by Crippen LogP contribution is 2.34. The first kappa shape index (κ1) is 26.1. The fraction of sp³-hybridized carbons (Fsp3) is 0.680. The lowest BCUT2D eigenvalue weighted by atomic mass is 10.1.